The SMILES string of the molecule is Cc1cnc(NCC2CC(O)C2)c(N)c1. The number of rotatable bonds is 3. The normalized spacial score (nSPS) is 24.7. The standard InChI is InChI=1S/C11H17N3O/c1-7-2-10(12)11(13-5-7)14-6-8-3-9(15)4-8/h2,5,8-9,15H,3-4,6,12H2,1H3,(H,13,14). The lowest BCUT2D eigenvalue weighted by atomic mass is 9.82. The summed E-state index contributed by atoms with van der Waals surface area (Å²) in [4.78, 5) is 4.23. The zero-order chi connectivity index (χ0) is 10.8. The maximum atomic E-state index is 9.14. The second-order valence-corrected chi connectivity index (χ2v) is 4.32. The first kappa shape index (κ1) is 10.2. The molecule has 4 heteroatoms. The topological polar surface area (TPSA) is 71.2 Å². The molecule has 1 aliphatic carbocycles. The van der Waals surface area contributed by atoms with Gasteiger partial charge in [0.15, 0.2) is 0 Å². The number of anilines is 2. The van der Waals surface area contributed by atoms with Crippen LogP contribution >= 0.6 is 0 Å². The maximum absolute atomic E-state index is 9.14. The van der Waals surface area contributed by atoms with Gasteiger partial charge in [-0.2, -0.15) is 0 Å². The average molecular weight is 207 g/mol. The van der Waals surface area contributed by atoms with Crippen LogP contribution in [0.5, 0.6) is 0 Å². The van der Waals surface area contributed by atoms with Gasteiger partial charge in [-0.05, 0) is 37.3 Å². The largest absolute Gasteiger partial charge is 0.396 e. The van der Waals surface area contributed by atoms with E-state index in [0.29, 0.717) is 11.6 Å². The molecular weight excluding hydrogens is 190 g/mol. The Morgan fingerprint density at radius 2 is 2.33 bits per heavy atom. The first-order valence-electron chi connectivity index (χ1n) is 5.29. The molecule has 2 rings (SSSR count). The van der Waals surface area contributed by atoms with Crippen LogP contribution in [0.3, 0.4) is 0 Å². The van der Waals surface area contributed by atoms with E-state index in [9.17, 15) is 0 Å². The third-order valence-corrected chi connectivity index (χ3v) is 2.82. The monoisotopic (exact) mass is 207 g/mol. The lowest BCUT2D eigenvalue weighted by Gasteiger charge is -2.31. The van der Waals surface area contributed by atoms with Gasteiger partial charge in [-0.1, -0.05) is 0 Å². The highest BCUT2D eigenvalue weighted by atomic mass is 16.3. The van der Waals surface area contributed by atoms with Crippen molar-refractivity contribution in [1.82, 2.24) is 4.98 Å². The predicted octanol–water partition coefficient (Wildman–Crippen LogP) is 1.16. The number of nitrogens with one attached hydrogen (secondary N) is 1. The van der Waals surface area contributed by atoms with Crippen LogP contribution in [0.15, 0.2) is 12.3 Å². The molecule has 1 aromatic rings. The zero-order valence-corrected chi connectivity index (χ0v) is 8.90. The van der Waals surface area contributed by atoms with E-state index < -0.39 is 0 Å². The molecule has 0 spiro atoms. The van der Waals surface area contributed by atoms with Crippen LogP contribution in [0.4, 0.5) is 11.5 Å². The first-order chi connectivity index (χ1) is 7.15. The second-order valence-electron chi connectivity index (χ2n) is 4.32. The molecule has 1 aromatic heterocycles. The molecule has 1 saturated carbocycles. The van der Waals surface area contributed by atoms with E-state index >= 15 is 0 Å². The van der Waals surface area contributed by atoms with E-state index in [1.807, 2.05) is 13.0 Å². The fourth-order valence-corrected chi connectivity index (χ4v) is 1.85. The zero-order valence-electron chi connectivity index (χ0n) is 8.90. The highest BCUT2D eigenvalue weighted by Gasteiger charge is 2.26. The third-order valence-electron chi connectivity index (χ3n) is 2.82. The van der Waals surface area contributed by atoms with Crippen LogP contribution in [-0.2, 0) is 0 Å². The van der Waals surface area contributed by atoms with E-state index in [1.165, 1.54) is 0 Å². The molecule has 1 heterocycles. The van der Waals surface area contributed by atoms with Crippen molar-refractivity contribution in [3.05, 3.63) is 17.8 Å². The van der Waals surface area contributed by atoms with Gasteiger partial charge in [0.2, 0.25) is 0 Å². The summed E-state index contributed by atoms with van der Waals surface area (Å²) >= 11 is 0. The molecule has 4 nitrogen and oxygen atoms in total. The molecule has 0 radical (unpaired) electrons. The van der Waals surface area contributed by atoms with E-state index in [0.717, 1.165) is 30.8 Å². The number of aliphatic hydroxyl groups excluding tert-OH is 1. The minimum absolute atomic E-state index is 0.0971. The Morgan fingerprint density at radius 3 is 2.93 bits per heavy atom. The number of aromatic nitrogens is 1. The predicted molar refractivity (Wildman–Crippen MR) is 60.6 cm³/mol. The number of pyridine rings is 1. The highest BCUT2D eigenvalue weighted by Crippen LogP contribution is 2.27. The summed E-state index contributed by atoms with van der Waals surface area (Å²) in [5, 5.41) is 12.4. The van der Waals surface area contributed by atoms with Gasteiger partial charge < -0.3 is 16.2 Å². The molecule has 15 heavy (non-hydrogen) atoms. The fourth-order valence-electron chi connectivity index (χ4n) is 1.85. The summed E-state index contributed by atoms with van der Waals surface area (Å²) in [6.07, 6.45) is 3.48. The Morgan fingerprint density at radius 1 is 1.60 bits per heavy atom. The van der Waals surface area contributed by atoms with Crippen LogP contribution in [-0.4, -0.2) is 22.7 Å². The summed E-state index contributed by atoms with van der Waals surface area (Å²) in [6, 6.07) is 1.91. The lowest BCUT2D eigenvalue weighted by Crippen LogP contribution is -2.33. The Balaban J connectivity index is 1.88. The molecule has 0 saturated heterocycles. The van der Waals surface area contributed by atoms with Gasteiger partial charge in [0.1, 0.15) is 5.82 Å². The van der Waals surface area contributed by atoms with Gasteiger partial charge in [0, 0.05) is 12.7 Å². The Bertz CT molecular complexity index is 348. The molecule has 0 bridgehead atoms. The number of aryl methyl sites for hydroxylation is 1. The van der Waals surface area contributed by atoms with Crippen molar-refractivity contribution in [2.45, 2.75) is 25.9 Å². The van der Waals surface area contributed by atoms with Crippen molar-refractivity contribution in [2.75, 3.05) is 17.6 Å². The quantitative estimate of drug-likeness (QED) is 0.695. The third kappa shape index (κ3) is 2.39. The van der Waals surface area contributed by atoms with Crippen molar-refractivity contribution < 1.29 is 5.11 Å². The fraction of sp³-hybridized carbons (Fsp3) is 0.545. The van der Waals surface area contributed by atoms with Crippen LogP contribution in [0, 0.1) is 12.8 Å². The number of nitrogen functional groups attached to an aromatic ring is 1. The number of nitrogens with zero attached hydrogens (tertiary/aromatic N) is 1. The van der Waals surface area contributed by atoms with Gasteiger partial charge in [0.05, 0.1) is 11.8 Å². The molecule has 0 atom stereocenters. The van der Waals surface area contributed by atoms with Crippen molar-refractivity contribution >= 4 is 11.5 Å². The van der Waals surface area contributed by atoms with Crippen LogP contribution in [0.25, 0.3) is 0 Å². The number of hydrogen-bond donors (Lipinski definition) is 3. The van der Waals surface area contributed by atoms with Crippen molar-refractivity contribution in [1.29, 1.82) is 0 Å². The number of hydrogen-bond acceptors (Lipinski definition) is 4. The summed E-state index contributed by atoms with van der Waals surface area (Å²) < 4.78 is 0. The summed E-state index contributed by atoms with van der Waals surface area (Å²) in [5.74, 6) is 1.31. The van der Waals surface area contributed by atoms with E-state index in [2.05, 4.69) is 10.3 Å². The van der Waals surface area contributed by atoms with Gasteiger partial charge in [0.25, 0.3) is 0 Å². The Labute approximate surface area is 89.5 Å². The maximum Gasteiger partial charge on any atom is 0.149 e. The van der Waals surface area contributed by atoms with E-state index in [1.54, 1.807) is 6.20 Å². The molecule has 0 aromatic carbocycles. The van der Waals surface area contributed by atoms with Crippen molar-refractivity contribution in [3.63, 3.8) is 0 Å². The van der Waals surface area contributed by atoms with E-state index in [-0.39, 0.29) is 6.10 Å². The highest BCUT2D eigenvalue weighted by molar-refractivity contribution is 5.61. The molecular formula is C11H17N3O. The van der Waals surface area contributed by atoms with Gasteiger partial charge in [-0.25, -0.2) is 4.98 Å². The Kier molecular flexibility index (Phi) is 2.77. The van der Waals surface area contributed by atoms with E-state index in [4.69, 9.17) is 10.8 Å². The Hall–Kier alpha value is -1.29. The van der Waals surface area contributed by atoms with Gasteiger partial charge in [-0.15, -0.1) is 0 Å². The molecule has 1 fully saturated rings. The first-order valence-corrected chi connectivity index (χ1v) is 5.29. The molecule has 0 aliphatic heterocycles. The smallest absolute Gasteiger partial charge is 0.149 e. The number of nitrogens with two attached hydrogens (primary N) is 1. The molecule has 0 amide bonds. The second kappa shape index (κ2) is 4.06. The minimum Gasteiger partial charge on any atom is -0.396 e. The van der Waals surface area contributed by atoms with Crippen LogP contribution in [0.2, 0.25) is 0 Å². The molecule has 82 valence electrons. The van der Waals surface area contributed by atoms with Crippen LogP contribution in [0.1, 0.15) is 18.4 Å². The lowest BCUT2D eigenvalue weighted by molar-refractivity contribution is 0.0486. The molecule has 4 N–H and O–H groups in total. The van der Waals surface area contributed by atoms with Crippen molar-refractivity contribution in [2.24, 2.45) is 5.92 Å². The van der Waals surface area contributed by atoms with Gasteiger partial charge >= 0.3 is 0 Å². The van der Waals surface area contributed by atoms with Crippen molar-refractivity contribution in [3.8, 4) is 0 Å². The number of aliphatic hydroxyl groups is 1. The summed E-state index contributed by atoms with van der Waals surface area (Å²) in [7, 11) is 0. The minimum atomic E-state index is -0.0971. The average Bonchev–Trinajstić information content (AvgIpc) is 2.13. The summed E-state index contributed by atoms with van der Waals surface area (Å²) in [5.41, 5.74) is 7.58. The van der Waals surface area contributed by atoms with Crippen LogP contribution < -0.4 is 11.1 Å². The van der Waals surface area contributed by atoms with Gasteiger partial charge in [-0.3, -0.25) is 0 Å². The molecule has 0 unspecified atom stereocenters. The summed E-state index contributed by atoms with van der Waals surface area (Å²) in [6.45, 7) is 2.81. The molecule has 1 aliphatic rings.